The SMILES string of the molecule is Nc1ncn(CC(=O)NCCc2cscn2)n1. The highest BCUT2D eigenvalue weighted by Gasteiger charge is 2.04. The summed E-state index contributed by atoms with van der Waals surface area (Å²) in [5.74, 6) is 0.0467. The molecular weight excluding hydrogens is 240 g/mol. The number of aromatic nitrogens is 4. The fourth-order valence-corrected chi connectivity index (χ4v) is 1.87. The van der Waals surface area contributed by atoms with Gasteiger partial charge in [0, 0.05) is 18.3 Å². The van der Waals surface area contributed by atoms with Gasteiger partial charge in [0.15, 0.2) is 0 Å². The number of nitrogen functional groups attached to an aromatic ring is 1. The molecule has 1 amide bonds. The highest BCUT2D eigenvalue weighted by Crippen LogP contribution is 2.00. The van der Waals surface area contributed by atoms with Crippen molar-refractivity contribution in [3.8, 4) is 0 Å². The molecule has 0 unspecified atom stereocenters. The summed E-state index contributed by atoms with van der Waals surface area (Å²) in [6, 6.07) is 0. The van der Waals surface area contributed by atoms with Crippen LogP contribution >= 0.6 is 11.3 Å². The Balaban J connectivity index is 1.71. The van der Waals surface area contributed by atoms with Crippen molar-refractivity contribution >= 4 is 23.2 Å². The fraction of sp³-hybridized carbons (Fsp3) is 0.333. The van der Waals surface area contributed by atoms with Gasteiger partial charge in [0.1, 0.15) is 12.9 Å². The first-order chi connectivity index (χ1) is 8.24. The van der Waals surface area contributed by atoms with Crippen LogP contribution in [0.3, 0.4) is 0 Å². The number of rotatable bonds is 5. The quantitative estimate of drug-likeness (QED) is 0.759. The van der Waals surface area contributed by atoms with Crippen LogP contribution in [0.4, 0.5) is 5.95 Å². The summed E-state index contributed by atoms with van der Waals surface area (Å²) in [5, 5.41) is 8.56. The lowest BCUT2D eigenvalue weighted by Gasteiger charge is -2.03. The summed E-state index contributed by atoms with van der Waals surface area (Å²) >= 11 is 1.54. The lowest BCUT2D eigenvalue weighted by atomic mass is 10.3. The molecule has 0 bridgehead atoms. The first-order valence-corrected chi connectivity index (χ1v) is 5.97. The number of carbonyl (C=O) groups excluding carboxylic acids is 1. The summed E-state index contributed by atoms with van der Waals surface area (Å²) in [7, 11) is 0. The molecule has 0 radical (unpaired) electrons. The maximum Gasteiger partial charge on any atom is 0.241 e. The number of amides is 1. The first-order valence-electron chi connectivity index (χ1n) is 5.03. The number of nitrogens with one attached hydrogen (secondary N) is 1. The third-order valence-electron chi connectivity index (χ3n) is 2.05. The number of thiazole rings is 1. The van der Waals surface area contributed by atoms with E-state index in [0.29, 0.717) is 6.54 Å². The van der Waals surface area contributed by atoms with Gasteiger partial charge in [-0.1, -0.05) is 0 Å². The minimum atomic E-state index is -0.120. The van der Waals surface area contributed by atoms with Gasteiger partial charge in [0.25, 0.3) is 0 Å². The van der Waals surface area contributed by atoms with E-state index in [-0.39, 0.29) is 18.4 Å². The third kappa shape index (κ3) is 3.52. The zero-order valence-electron chi connectivity index (χ0n) is 9.04. The van der Waals surface area contributed by atoms with Crippen LogP contribution in [0.5, 0.6) is 0 Å². The number of anilines is 1. The van der Waals surface area contributed by atoms with Crippen LogP contribution in [-0.4, -0.2) is 32.2 Å². The Morgan fingerprint density at radius 1 is 1.53 bits per heavy atom. The van der Waals surface area contributed by atoms with Crippen molar-refractivity contribution < 1.29 is 4.79 Å². The van der Waals surface area contributed by atoms with E-state index in [9.17, 15) is 4.79 Å². The maximum absolute atomic E-state index is 11.5. The van der Waals surface area contributed by atoms with Gasteiger partial charge in [0.05, 0.1) is 11.2 Å². The summed E-state index contributed by atoms with van der Waals surface area (Å²) in [4.78, 5) is 19.3. The number of carbonyl (C=O) groups is 1. The van der Waals surface area contributed by atoms with Gasteiger partial charge in [-0.15, -0.1) is 16.4 Å². The molecule has 7 nitrogen and oxygen atoms in total. The van der Waals surface area contributed by atoms with Crippen molar-refractivity contribution in [3.05, 3.63) is 22.9 Å². The molecule has 0 aromatic carbocycles. The standard InChI is InChI=1S/C9H12N6OS/c10-9-12-5-15(14-9)3-8(16)11-2-1-7-4-17-6-13-7/h4-6H,1-3H2,(H2,10,14)(H,11,16). The average molecular weight is 252 g/mol. The molecule has 0 fully saturated rings. The van der Waals surface area contributed by atoms with Crippen molar-refractivity contribution in [2.24, 2.45) is 0 Å². The van der Waals surface area contributed by atoms with Crippen LogP contribution < -0.4 is 11.1 Å². The molecule has 0 aliphatic rings. The van der Waals surface area contributed by atoms with Crippen LogP contribution in [0.15, 0.2) is 17.2 Å². The third-order valence-corrected chi connectivity index (χ3v) is 2.68. The number of hydrogen-bond acceptors (Lipinski definition) is 6. The van der Waals surface area contributed by atoms with Crippen molar-refractivity contribution in [2.75, 3.05) is 12.3 Å². The van der Waals surface area contributed by atoms with Crippen molar-refractivity contribution in [1.82, 2.24) is 25.1 Å². The van der Waals surface area contributed by atoms with Crippen LogP contribution in [0.1, 0.15) is 5.69 Å². The zero-order chi connectivity index (χ0) is 12.1. The van der Waals surface area contributed by atoms with Gasteiger partial charge in [0.2, 0.25) is 11.9 Å². The Bertz CT molecular complexity index is 479. The van der Waals surface area contributed by atoms with E-state index in [1.807, 2.05) is 5.38 Å². The van der Waals surface area contributed by atoms with E-state index in [1.165, 1.54) is 11.0 Å². The summed E-state index contributed by atoms with van der Waals surface area (Å²) in [6.07, 6.45) is 2.16. The van der Waals surface area contributed by atoms with E-state index in [2.05, 4.69) is 20.4 Å². The molecule has 0 atom stereocenters. The average Bonchev–Trinajstić information content (AvgIpc) is 2.90. The monoisotopic (exact) mass is 252 g/mol. The Hall–Kier alpha value is -1.96. The van der Waals surface area contributed by atoms with Gasteiger partial charge in [-0.25, -0.2) is 14.6 Å². The predicted molar refractivity (Wildman–Crippen MR) is 63.3 cm³/mol. The van der Waals surface area contributed by atoms with Crippen LogP contribution in [0.25, 0.3) is 0 Å². The molecule has 0 saturated heterocycles. The number of nitrogens with zero attached hydrogens (tertiary/aromatic N) is 4. The van der Waals surface area contributed by atoms with Gasteiger partial charge in [-0.3, -0.25) is 4.79 Å². The number of nitrogens with two attached hydrogens (primary N) is 1. The molecule has 90 valence electrons. The highest BCUT2D eigenvalue weighted by molar-refractivity contribution is 7.07. The van der Waals surface area contributed by atoms with Gasteiger partial charge < -0.3 is 11.1 Å². The fourth-order valence-electron chi connectivity index (χ4n) is 1.28. The van der Waals surface area contributed by atoms with Crippen LogP contribution in [0, 0.1) is 0 Å². The highest BCUT2D eigenvalue weighted by atomic mass is 32.1. The molecular formula is C9H12N6OS. The van der Waals surface area contributed by atoms with Crippen LogP contribution in [0.2, 0.25) is 0 Å². The lowest BCUT2D eigenvalue weighted by molar-refractivity contribution is -0.121. The summed E-state index contributed by atoms with van der Waals surface area (Å²) in [5.41, 5.74) is 8.10. The minimum absolute atomic E-state index is 0.120. The topological polar surface area (TPSA) is 98.7 Å². The smallest absolute Gasteiger partial charge is 0.241 e. The lowest BCUT2D eigenvalue weighted by Crippen LogP contribution is -2.29. The molecule has 8 heteroatoms. The zero-order valence-corrected chi connectivity index (χ0v) is 9.85. The summed E-state index contributed by atoms with van der Waals surface area (Å²) < 4.78 is 1.40. The molecule has 2 rings (SSSR count). The number of hydrogen-bond donors (Lipinski definition) is 2. The second-order valence-electron chi connectivity index (χ2n) is 3.38. The molecule has 0 saturated carbocycles. The van der Waals surface area contributed by atoms with Crippen LogP contribution in [-0.2, 0) is 17.8 Å². The normalized spacial score (nSPS) is 10.4. The van der Waals surface area contributed by atoms with E-state index < -0.39 is 0 Å². The van der Waals surface area contributed by atoms with E-state index in [4.69, 9.17) is 5.73 Å². The molecule has 0 aliphatic carbocycles. The van der Waals surface area contributed by atoms with Gasteiger partial charge in [-0.05, 0) is 0 Å². The largest absolute Gasteiger partial charge is 0.367 e. The molecule has 0 aliphatic heterocycles. The Morgan fingerprint density at radius 2 is 2.41 bits per heavy atom. The van der Waals surface area contributed by atoms with Gasteiger partial charge in [-0.2, -0.15) is 0 Å². The molecule has 17 heavy (non-hydrogen) atoms. The predicted octanol–water partition coefficient (Wildman–Crippen LogP) is -0.324. The van der Waals surface area contributed by atoms with E-state index in [1.54, 1.807) is 16.8 Å². The summed E-state index contributed by atoms with van der Waals surface area (Å²) in [6.45, 7) is 0.689. The Labute approximate surface area is 102 Å². The second kappa shape index (κ2) is 5.39. The van der Waals surface area contributed by atoms with Gasteiger partial charge >= 0.3 is 0 Å². The molecule has 2 heterocycles. The first kappa shape index (κ1) is 11.5. The van der Waals surface area contributed by atoms with Crippen molar-refractivity contribution in [2.45, 2.75) is 13.0 Å². The molecule has 3 N–H and O–H groups in total. The maximum atomic E-state index is 11.5. The Kier molecular flexibility index (Phi) is 3.66. The molecule has 2 aromatic rings. The van der Waals surface area contributed by atoms with E-state index in [0.717, 1.165) is 12.1 Å². The molecule has 2 aromatic heterocycles. The Morgan fingerprint density at radius 3 is 3.06 bits per heavy atom. The second-order valence-corrected chi connectivity index (χ2v) is 4.10. The van der Waals surface area contributed by atoms with E-state index >= 15 is 0 Å². The molecule has 0 spiro atoms. The minimum Gasteiger partial charge on any atom is -0.367 e. The van der Waals surface area contributed by atoms with Crippen molar-refractivity contribution in [3.63, 3.8) is 0 Å². The van der Waals surface area contributed by atoms with Crippen molar-refractivity contribution in [1.29, 1.82) is 0 Å².